The summed E-state index contributed by atoms with van der Waals surface area (Å²) < 4.78 is 1.40. The van der Waals surface area contributed by atoms with Crippen LogP contribution in [0.5, 0.6) is 0 Å². The Balaban J connectivity index is 2.66. The van der Waals surface area contributed by atoms with E-state index in [1.54, 1.807) is 6.20 Å². The summed E-state index contributed by atoms with van der Waals surface area (Å²) in [5, 5.41) is 8.13. The molecule has 114 valence electrons. The molecule has 0 spiro atoms. The molecule has 0 aliphatic carbocycles. The average Bonchev–Trinajstić information content (AvgIpc) is 2.42. The first-order chi connectivity index (χ1) is 9.45. The van der Waals surface area contributed by atoms with Crippen LogP contribution in [-0.4, -0.2) is 53.4 Å². The van der Waals surface area contributed by atoms with E-state index >= 15 is 0 Å². The maximum Gasteiger partial charge on any atom is 0.287 e. The monoisotopic (exact) mass is 318 g/mol. The molecular formula is C13H23ClN4OS. The number of nitrogens with one attached hydrogen (secondary N) is 1. The highest BCUT2D eigenvalue weighted by Crippen LogP contribution is 2.16. The van der Waals surface area contributed by atoms with Gasteiger partial charge in [-0.2, -0.15) is 16.9 Å². The highest BCUT2D eigenvalue weighted by Gasteiger charge is 2.09. The number of hydrogen-bond donors (Lipinski definition) is 1. The van der Waals surface area contributed by atoms with Gasteiger partial charge in [-0.3, -0.25) is 4.79 Å². The topological polar surface area (TPSA) is 50.2 Å². The van der Waals surface area contributed by atoms with Gasteiger partial charge in [-0.05, 0) is 26.8 Å². The summed E-state index contributed by atoms with van der Waals surface area (Å²) in [5.74, 6) is 0. The van der Waals surface area contributed by atoms with E-state index in [1.165, 1.54) is 4.68 Å². The SMILES string of the molecule is CSC(C)CCNc1cnn(CCN(C)C)c(=O)c1Cl. The van der Waals surface area contributed by atoms with Crippen LogP contribution in [0.3, 0.4) is 0 Å². The van der Waals surface area contributed by atoms with E-state index in [2.05, 4.69) is 23.6 Å². The second-order valence-corrected chi connectivity index (χ2v) is 6.62. The Bertz CT molecular complexity index is 478. The minimum absolute atomic E-state index is 0.218. The van der Waals surface area contributed by atoms with Gasteiger partial charge < -0.3 is 10.2 Å². The summed E-state index contributed by atoms with van der Waals surface area (Å²) in [5.41, 5.74) is 0.377. The minimum Gasteiger partial charge on any atom is -0.382 e. The van der Waals surface area contributed by atoms with Gasteiger partial charge in [0.15, 0.2) is 0 Å². The fraction of sp³-hybridized carbons (Fsp3) is 0.692. The van der Waals surface area contributed by atoms with E-state index in [-0.39, 0.29) is 10.6 Å². The van der Waals surface area contributed by atoms with Gasteiger partial charge in [0.1, 0.15) is 5.02 Å². The summed E-state index contributed by atoms with van der Waals surface area (Å²) in [7, 11) is 3.91. The van der Waals surface area contributed by atoms with Gasteiger partial charge in [0.05, 0.1) is 18.4 Å². The smallest absolute Gasteiger partial charge is 0.287 e. The molecule has 1 rings (SSSR count). The quantitative estimate of drug-likeness (QED) is 0.794. The Morgan fingerprint density at radius 3 is 2.85 bits per heavy atom. The molecule has 0 saturated heterocycles. The van der Waals surface area contributed by atoms with Crippen molar-refractivity contribution >= 4 is 29.1 Å². The molecule has 0 radical (unpaired) electrons. The molecule has 1 atom stereocenters. The van der Waals surface area contributed by atoms with Crippen molar-refractivity contribution in [2.24, 2.45) is 0 Å². The van der Waals surface area contributed by atoms with E-state index in [0.717, 1.165) is 19.5 Å². The van der Waals surface area contributed by atoms with E-state index in [0.29, 0.717) is 17.5 Å². The second kappa shape index (κ2) is 8.54. The molecule has 5 nitrogen and oxygen atoms in total. The van der Waals surface area contributed by atoms with Crippen LogP contribution in [0, 0.1) is 0 Å². The number of thioether (sulfide) groups is 1. The van der Waals surface area contributed by atoms with Crippen LogP contribution in [0.25, 0.3) is 0 Å². The van der Waals surface area contributed by atoms with Crippen LogP contribution in [0.15, 0.2) is 11.0 Å². The lowest BCUT2D eigenvalue weighted by atomic mass is 10.3. The highest BCUT2D eigenvalue weighted by atomic mass is 35.5. The van der Waals surface area contributed by atoms with Gasteiger partial charge >= 0.3 is 0 Å². The molecule has 1 aromatic heterocycles. The lowest BCUT2D eigenvalue weighted by Gasteiger charge is -2.13. The van der Waals surface area contributed by atoms with Crippen molar-refractivity contribution in [3.8, 4) is 0 Å². The molecule has 7 heteroatoms. The fourth-order valence-electron chi connectivity index (χ4n) is 1.57. The van der Waals surface area contributed by atoms with Gasteiger partial charge in [-0.15, -0.1) is 0 Å². The maximum absolute atomic E-state index is 12.1. The van der Waals surface area contributed by atoms with E-state index in [9.17, 15) is 4.79 Å². The van der Waals surface area contributed by atoms with Crippen molar-refractivity contribution in [1.29, 1.82) is 0 Å². The van der Waals surface area contributed by atoms with E-state index in [1.807, 2.05) is 30.8 Å². The summed E-state index contributed by atoms with van der Waals surface area (Å²) in [6.45, 7) is 4.24. The van der Waals surface area contributed by atoms with Gasteiger partial charge in [-0.25, -0.2) is 4.68 Å². The van der Waals surface area contributed by atoms with Gasteiger partial charge in [0, 0.05) is 18.3 Å². The van der Waals surface area contributed by atoms with Gasteiger partial charge in [0.2, 0.25) is 0 Å². The number of anilines is 1. The van der Waals surface area contributed by atoms with Crippen molar-refractivity contribution < 1.29 is 0 Å². The standard InChI is InChI=1S/C13H23ClN4OS/c1-10(20-4)5-6-15-11-9-16-18(8-7-17(2)3)13(19)12(11)14/h9-10,15H,5-8H2,1-4H3. The average molecular weight is 319 g/mol. The zero-order valence-electron chi connectivity index (χ0n) is 12.5. The maximum atomic E-state index is 12.1. The Kier molecular flexibility index (Phi) is 7.40. The number of aromatic nitrogens is 2. The minimum atomic E-state index is -0.239. The molecule has 1 unspecified atom stereocenters. The summed E-state index contributed by atoms with van der Waals surface area (Å²) in [4.78, 5) is 14.1. The molecule has 1 aromatic rings. The second-order valence-electron chi connectivity index (χ2n) is 4.97. The Labute approximate surface area is 129 Å². The van der Waals surface area contributed by atoms with E-state index in [4.69, 9.17) is 11.6 Å². The van der Waals surface area contributed by atoms with Crippen molar-refractivity contribution in [3.05, 3.63) is 21.6 Å². The van der Waals surface area contributed by atoms with E-state index < -0.39 is 0 Å². The Hall–Kier alpha value is -0.720. The first kappa shape index (κ1) is 17.3. The summed E-state index contributed by atoms with van der Waals surface area (Å²) >= 11 is 7.93. The lowest BCUT2D eigenvalue weighted by Crippen LogP contribution is -2.29. The number of rotatable bonds is 8. The molecular weight excluding hydrogens is 296 g/mol. The van der Waals surface area contributed by atoms with Crippen LogP contribution >= 0.6 is 23.4 Å². The molecule has 0 bridgehead atoms. The lowest BCUT2D eigenvalue weighted by molar-refractivity contribution is 0.367. The molecule has 1 heterocycles. The third kappa shape index (κ3) is 5.34. The van der Waals surface area contributed by atoms with Crippen LogP contribution in [0.4, 0.5) is 5.69 Å². The Morgan fingerprint density at radius 1 is 1.55 bits per heavy atom. The zero-order chi connectivity index (χ0) is 15.1. The van der Waals surface area contributed by atoms with Gasteiger partial charge in [0.25, 0.3) is 5.56 Å². The number of likely N-dealkylation sites (N-methyl/N-ethyl adjacent to an activating group) is 1. The van der Waals surface area contributed by atoms with Crippen LogP contribution in [-0.2, 0) is 6.54 Å². The molecule has 0 aliphatic heterocycles. The van der Waals surface area contributed by atoms with Crippen LogP contribution < -0.4 is 10.9 Å². The molecule has 20 heavy (non-hydrogen) atoms. The Morgan fingerprint density at radius 2 is 2.25 bits per heavy atom. The first-order valence-corrected chi connectivity index (χ1v) is 8.29. The van der Waals surface area contributed by atoms with Crippen molar-refractivity contribution in [3.63, 3.8) is 0 Å². The van der Waals surface area contributed by atoms with Crippen molar-refractivity contribution in [1.82, 2.24) is 14.7 Å². The number of nitrogens with zero attached hydrogens (tertiary/aromatic N) is 3. The fourth-order valence-corrected chi connectivity index (χ4v) is 2.14. The zero-order valence-corrected chi connectivity index (χ0v) is 14.1. The number of hydrogen-bond acceptors (Lipinski definition) is 5. The molecule has 0 aromatic carbocycles. The molecule has 0 fully saturated rings. The van der Waals surface area contributed by atoms with Crippen LogP contribution in [0.1, 0.15) is 13.3 Å². The summed E-state index contributed by atoms with van der Waals surface area (Å²) in [6, 6.07) is 0. The highest BCUT2D eigenvalue weighted by molar-refractivity contribution is 7.99. The summed E-state index contributed by atoms with van der Waals surface area (Å²) in [6.07, 6.45) is 4.73. The predicted octanol–water partition coefficient (Wildman–Crippen LogP) is 2.01. The first-order valence-electron chi connectivity index (χ1n) is 6.62. The number of halogens is 1. The van der Waals surface area contributed by atoms with Crippen LogP contribution in [0.2, 0.25) is 5.02 Å². The third-order valence-electron chi connectivity index (χ3n) is 3.01. The molecule has 0 saturated carbocycles. The molecule has 0 aliphatic rings. The third-order valence-corrected chi connectivity index (χ3v) is 4.42. The predicted molar refractivity (Wildman–Crippen MR) is 88.1 cm³/mol. The normalized spacial score (nSPS) is 12.7. The largest absolute Gasteiger partial charge is 0.382 e. The van der Waals surface area contributed by atoms with Gasteiger partial charge in [-0.1, -0.05) is 18.5 Å². The molecule has 1 N–H and O–H groups in total. The molecule has 0 amide bonds. The van der Waals surface area contributed by atoms with Crippen molar-refractivity contribution in [2.75, 3.05) is 38.8 Å². The van der Waals surface area contributed by atoms with Crippen molar-refractivity contribution in [2.45, 2.75) is 25.1 Å².